The van der Waals surface area contributed by atoms with Gasteiger partial charge in [-0.1, -0.05) is 91.0 Å². The second-order valence-electron chi connectivity index (χ2n) is 9.52. The minimum absolute atomic E-state index is 0.0420. The molecule has 5 aromatic carbocycles. The lowest BCUT2D eigenvalue weighted by molar-refractivity contribution is 0.477. The van der Waals surface area contributed by atoms with E-state index in [1.54, 1.807) is 0 Å². The van der Waals surface area contributed by atoms with E-state index >= 15 is 0 Å². The summed E-state index contributed by atoms with van der Waals surface area (Å²) in [6.45, 7) is 0. The number of fused-ring (bicyclic) bond motifs is 1. The molecule has 0 fully saturated rings. The predicted octanol–water partition coefficient (Wildman–Crippen LogP) is 8.79. The molecule has 7 aromatic rings. The van der Waals surface area contributed by atoms with Gasteiger partial charge in [-0.05, 0) is 65.2 Å². The Kier molecular flexibility index (Phi) is 5.37. The molecule has 2 heterocycles. The Labute approximate surface area is 235 Å². The van der Waals surface area contributed by atoms with Gasteiger partial charge in [0.15, 0.2) is 0 Å². The molecule has 4 heteroatoms. The van der Waals surface area contributed by atoms with Gasteiger partial charge >= 0.3 is 0 Å². The van der Waals surface area contributed by atoms with E-state index in [4.69, 9.17) is 7.73 Å². The highest BCUT2D eigenvalue weighted by Crippen LogP contribution is 2.38. The molecule has 0 aliphatic carbocycles. The van der Waals surface area contributed by atoms with Gasteiger partial charge in [-0.15, -0.1) is 0 Å². The SMILES string of the molecule is [2H]c1cc([2H])c(-c2nc3c(-c4cccc(-c5cc(-c6ccccc6)ccn5)c4)cccc3n2-c2ccccc2)c(O)c1. The first-order valence-electron chi connectivity index (χ1n) is 14.1. The van der Waals surface area contributed by atoms with Crippen molar-refractivity contribution in [1.82, 2.24) is 14.5 Å². The van der Waals surface area contributed by atoms with Crippen LogP contribution in [0.1, 0.15) is 2.74 Å². The minimum atomic E-state index is -0.145. The van der Waals surface area contributed by atoms with E-state index in [0.29, 0.717) is 5.82 Å². The lowest BCUT2D eigenvalue weighted by atomic mass is 9.99. The smallest absolute Gasteiger partial charge is 0.149 e. The maximum absolute atomic E-state index is 10.9. The van der Waals surface area contributed by atoms with Crippen LogP contribution >= 0.6 is 0 Å². The molecule has 4 nitrogen and oxygen atoms in total. The van der Waals surface area contributed by atoms with Crippen molar-refractivity contribution in [3.05, 3.63) is 146 Å². The molecule has 0 amide bonds. The van der Waals surface area contributed by atoms with Gasteiger partial charge in [0.05, 0.1) is 25.0 Å². The van der Waals surface area contributed by atoms with Crippen molar-refractivity contribution in [1.29, 1.82) is 0 Å². The van der Waals surface area contributed by atoms with Gasteiger partial charge < -0.3 is 5.11 Å². The molecule has 0 saturated heterocycles. The molecule has 40 heavy (non-hydrogen) atoms. The van der Waals surface area contributed by atoms with E-state index in [1.807, 2.05) is 89.6 Å². The van der Waals surface area contributed by atoms with Crippen molar-refractivity contribution < 1.29 is 7.85 Å². The molecular formula is C36H25N3O. The number of phenols is 1. The topological polar surface area (TPSA) is 50.9 Å². The van der Waals surface area contributed by atoms with Gasteiger partial charge in [0.25, 0.3) is 0 Å². The number of rotatable bonds is 5. The zero-order valence-corrected chi connectivity index (χ0v) is 21.5. The van der Waals surface area contributed by atoms with Gasteiger partial charge in [0.2, 0.25) is 0 Å². The van der Waals surface area contributed by atoms with Crippen molar-refractivity contribution in [2.45, 2.75) is 0 Å². The van der Waals surface area contributed by atoms with Gasteiger partial charge in [-0.2, -0.15) is 0 Å². The third-order valence-electron chi connectivity index (χ3n) is 7.04. The van der Waals surface area contributed by atoms with Crippen LogP contribution in [0.25, 0.3) is 61.6 Å². The fraction of sp³-hybridized carbons (Fsp3) is 0. The number of aromatic hydroxyl groups is 1. The second kappa shape index (κ2) is 10.0. The molecule has 190 valence electrons. The maximum Gasteiger partial charge on any atom is 0.149 e. The van der Waals surface area contributed by atoms with Crippen molar-refractivity contribution in [3.63, 3.8) is 0 Å². The Morgan fingerprint density at radius 3 is 2.20 bits per heavy atom. The van der Waals surface area contributed by atoms with Crippen molar-refractivity contribution in [2.75, 3.05) is 0 Å². The van der Waals surface area contributed by atoms with Gasteiger partial charge in [-0.25, -0.2) is 4.98 Å². The molecule has 0 bridgehead atoms. The van der Waals surface area contributed by atoms with Crippen molar-refractivity contribution in [3.8, 4) is 56.3 Å². The number of hydrogen-bond donors (Lipinski definition) is 1. The van der Waals surface area contributed by atoms with Crippen LogP contribution in [0.4, 0.5) is 0 Å². The van der Waals surface area contributed by atoms with Crippen LogP contribution in [0, 0.1) is 0 Å². The van der Waals surface area contributed by atoms with Crippen LogP contribution in [-0.4, -0.2) is 19.6 Å². The number of pyridine rings is 1. The average molecular weight is 518 g/mol. The molecule has 0 spiro atoms. The highest BCUT2D eigenvalue weighted by Gasteiger charge is 2.19. The van der Waals surface area contributed by atoms with Gasteiger partial charge in [0, 0.05) is 23.0 Å². The first-order chi connectivity index (χ1) is 20.6. The van der Waals surface area contributed by atoms with E-state index in [0.717, 1.165) is 50.2 Å². The Morgan fingerprint density at radius 1 is 0.625 bits per heavy atom. The molecule has 7 rings (SSSR count). The quantitative estimate of drug-likeness (QED) is 0.248. The number of imidazole rings is 1. The third-order valence-corrected chi connectivity index (χ3v) is 7.04. The molecule has 0 aliphatic heterocycles. The number of hydrogen-bond acceptors (Lipinski definition) is 3. The largest absolute Gasteiger partial charge is 0.507 e. The monoisotopic (exact) mass is 517 g/mol. The van der Waals surface area contributed by atoms with E-state index in [2.05, 4.69) is 41.4 Å². The minimum Gasteiger partial charge on any atom is -0.507 e. The zero-order chi connectivity index (χ0) is 28.6. The summed E-state index contributed by atoms with van der Waals surface area (Å²) in [5, 5.41) is 10.9. The predicted molar refractivity (Wildman–Crippen MR) is 162 cm³/mol. The van der Waals surface area contributed by atoms with Gasteiger partial charge in [-0.3, -0.25) is 9.55 Å². The lowest BCUT2D eigenvalue weighted by Crippen LogP contribution is -1.97. The molecule has 0 radical (unpaired) electrons. The molecule has 1 N–H and O–H groups in total. The number of phenolic OH excluding ortho intramolecular Hbond substituents is 1. The molecule has 0 atom stereocenters. The molecule has 0 saturated carbocycles. The summed E-state index contributed by atoms with van der Waals surface area (Å²) in [6.07, 6.45) is 1.84. The number of aromatic nitrogens is 3. The zero-order valence-electron chi connectivity index (χ0n) is 23.5. The van der Waals surface area contributed by atoms with Crippen LogP contribution < -0.4 is 0 Å². The fourth-order valence-corrected chi connectivity index (χ4v) is 5.14. The highest BCUT2D eigenvalue weighted by molar-refractivity contribution is 5.96. The fourth-order valence-electron chi connectivity index (χ4n) is 5.14. The average Bonchev–Trinajstić information content (AvgIpc) is 3.40. The number of para-hydroxylation sites is 3. The van der Waals surface area contributed by atoms with Crippen LogP contribution in [-0.2, 0) is 0 Å². The second-order valence-corrected chi connectivity index (χ2v) is 9.52. The van der Waals surface area contributed by atoms with Crippen LogP contribution in [0.3, 0.4) is 0 Å². The summed E-state index contributed by atoms with van der Waals surface area (Å²) in [6, 6.07) is 41.4. The number of nitrogens with zero attached hydrogens (tertiary/aromatic N) is 3. The summed E-state index contributed by atoms with van der Waals surface area (Å²) in [4.78, 5) is 9.72. The van der Waals surface area contributed by atoms with Crippen molar-refractivity contribution in [2.24, 2.45) is 0 Å². The Morgan fingerprint density at radius 2 is 1.38 bits per heavy atom. The van der Waals surface area contributed by atoms with Crippen LogP contribution in [0.5, 0.6) is 5.75 Å². The maximum atomic E-state index is 10.9. The molecule has 0 unspecified atom stereocenters. The summed E-state index contributed by atoms with van der Waals surface area (Å²) in [5.41, 5.74) is 8.73. The summed E-state index contributed by atoms with van der Waals surface area (Å²) in [5.74, 6) is 0.299. The Hall–Kier alpha value is -5.48. The Balaban J connectivity index is 1.41. The van der Waals surface area contributed by atoms with E-state index in [-0.39, 0.29) is 23.4 Å². The first kappa shape index (κ1) is 21.5. The lowest BCUT2D eigenvalue weighted by Gasteiger charge is -2.11. The summed E-state index contributed by atoms with van der Waals surface area (Å²) >= 11 is 0. The normalized spacial score (nSPS) is 11.8. The highest BCUT2D eigenvalue weighted by atomic mass is 16.3. The summed E-state index contributed by atoms with van der Waals surface area (Å²) in [7, 11) is 0. The van der Waals surface area contributed by atoms with E-state index in [9.17, 15) is 5.11 Å². The molecule has 2 aromatic heterocycles. The van der Waals surface area contributed by atoms with Crippen LogP contribution in [0.2, 0.25) is 0 Å². The molecule has 0 aliphatic rings. The first-order valence-corrected chi connectivity index (χ1v) is 13.1. The molecular weight excluding hydrogens is 490 g/mol. The van der Waals surface area contributed by atoms with Gasteiger partial charge in [0.1, 0.15) is 11.6 Å². The van der Waals surface area contributed by atoms with Crippen molar-refractivity contribution >= 4 is 11.0 Å². The van der Waals surface area contributed by atoms with E-state index < -0.39 is 0 Å². The van der Waals surface area contributed by atoms with E-state index in [1.165, 1.54) is 12.1 Å². The third kappa shape index (κ3) is 4.22. The summed E-state index contributed by atoms with van der Waals surface area (Å²) < 4.78 is 18.5. The standard InChI is InChI=1S/C36H25N3O/c40-34-20-8-7-17-31(34)36-38-35-30(18-10-19-33(35)39(36)29-15-5-2-6-16-29)27-13-9-14-28(23-27)32-24-26(21-22-37-32)25-11-3-1-4-12-25/h1-24,40H/i8D,17D. The number of benzene rings is 5. The van der Waals surface area contributed by atoms with Crippen LogP contribution in [0.15, 0.2) is 146 Å². The Bertz CT molecular complexity index is 2050.